The third-order valence-electron chi connectivity index (χ3n) is 3.62. The minimum atomic E-state index is -0.712. The van der Waals surface area contributed by atoms with Crippen LogP contribution in [0.4, 0.5) is 0 Å². The molecule has 1 N–H and O–H groups in total. The van der Waals surface area contributed by atoms with Crippen LogP contribution in [0.15, 0.2) is 11.6 Å². The van der Waals surface area contributed by atoms with Crippen LogP contribution in [0.2, 0.25) is 0 Å². The summed E-state index contributed by atoms with van der Waals surface area (Å²) >= 11 is 1.57. The SMILES string of the molecule is CC(C)(C)OC(=O)[C@H]1CC[C@@](O)(Cc2nccs2)CC1. The van der Waals surface area contributed by atoms with Gasteiger partial charge in [0.2, 0.25) is 0 Å². The van der Waals surface area contributed by atoms with Gasteiger partial charge in [-0.3, -0.25) is 4.79 Å². The number of aliphatic hydroxyl groups is 1. The number of hydrogen-bond acceptors (Lipinski definition) is 5. The first-order valence-electron chi connectivity index (χ1n) is 7.11. The van der Waals surface area contributed by atoms with Gasteiger partial charge in [-0.1, -0.05) is 0 Å². The first-order valence-corrected chi connectivity index (χ1v) is 7.99. The molecule has 20 heavy (non-hydrogen) atoms. The molecule has 1 saturated carbocycles. The Kier molecular flexibility index (Phi) is 4.49. The molecular formula is C15H23NO3S. The van der Waals surface area contributed by atoms with Crippen LogP contribution < -0.4 is 0 Å². The lowest BCUT2D eigenvalue weighted by Gasteiger charge is -2.35. The number of carbonyl (C=O) groups is 1. The van der Waals surface area contributed by atoms with Crippen molar-refractivity contribution in [3.8, 4) is 0 Å². The number of thiazole rings is 1. The van der Waals surface area contributed by atoms with Crippen LogP contribution in [0, 0.1) is 5.92 Å². The molecule has 0 aromatic carbocycles. The number of nitrogens with zero attached hydrogens (tertiary/aromatic N) is 1. The molecule has 0 atom stereocenters. The Morgan fingerprint density at radius 1 is 1.50 bits per heavy atom. The van der Waals surface area contributed by atoms with E-state index in [1.54, 1.807) is 17.5 Å². The third-order valence-corrected chi connectivity index (χ3v) is 4.40. The maximum absolute atomic E-state index is 12.0. The fourth-order valence-corrected chi connectivity index (χ4v) is 3.33. The Bertz CT molecular complexity index is 442. The van der Waals surface area contributed by atoms with Crippen LogP contribution in [0.3, 0.4) is 0 Å². The van der Waals surface area contributed by atoms with E-state index in [0.29, 0.717) is 32.1 Å². The van der Waals surface area contributed by atoms with E-state index in [-0.39, 0.29) is 11.9 Å². The standard InChI is InChI=1S/C15H23NO3S/c1-14(2,3)19-13(17)11-4-6-15(18,7-5-11)10-12-16-8-9-20-12/h8-9,11,18H,4-7,10H2,1-3H3/t11-,15-. The average Bonchev–Trinajstić information content (AvgIpc) is 2.79. The molecule has 1 aliphatic rings. The second-order valence-corrected chi connectivity index (χ2v) is 7.61. The summed E-state index contributed by atoms with van der Waals surface area (Å²) in [4.78, 5) is 16.3. The van der Waals surface area contributed by atoms with Gasteiger partial charge in [0, 0.05) is 18.0 Å². The first kappa shape index (κ1) is 15.4. The van der Waals surface area contributed by atoms with Crippen LogP contribution in [0.1, 0.15) is 51.5 Å². The largest absolute Gasteiger partial charge is 0.460 e. The smallest absolute Gasteiger partial charge is 0.309 e. The number of rotatable bonds is 3. The molecule has 0 amide bonds. The number of carbonyl (C=O) groups excluding carboxylic acids is 1. The van der Waals surface area contributed by atoms with Crippen molar-refractivity contribution in [2.24, 2.45) is 5.92 Å². The van der Waals surface area contributed by atoms with Crippen molar-refractivity contribution in [3.05, 3.63) is 16.6 Å². The molecule has 2 rings (SSSR count). The Hall–Kier alpha value is -0.940. The van der Waals surface area contributed by atoms with Crippen molar-refractivity contribution < 1.29 is 14.6 Å². The van der Waals surface area contributed by atoms with Crippen molar-refractivity contribution in [3.63, 3.8) is 0 Å². The topological polar surface area (TPSA) is 59.4 Å². The van der Waals surface area contributed by atoms with Crippen molar-refractivity contribution in [1.29, 1.82) is 0 Å². The molecule has 0 spiro atoms. The normalized spacial score (nSPS) is 27.3. The molecule has 0 saturated heterocycles. The first-order chi connectivity index (χ1) is 9.27. The van der Waals surface area contributed by atoms with Gasteiger partial charge < -0.3 is 9.84 Å². The Labute approximate surface area is 124 Å². The molecule has 1 aliphatic carbocycles. The molecule has 0 unspecified atom stereocenters. The van der Waals surface area contributed by atoms with Crippen LogP contribution >= 0.6 is 11.3 Å². The van der Waals surface area contributed by atoms with Crippen molar-refractivity contribution in [1.82, 2.24) is 4.98 Å². The Morgan fingerprint density at radius 2 is 2.15 bits per heavy atom. The van der Waals surface area contributed by atoms with Crippen LogP contribution in [-0.4, -0.2) is 27.3 Å². The lowest BCUT2D eigenvalue weighted by atomic mass is 9.77. The average molecular weight is 297 g/mol. The highest BCUT2D eigenvalue weighted by Crippen LogP contribution is 2.35. The van der Waals surface area contributed by atoms with Gasteiger partial charge in [-0.15, -0.1) is 11.3 Å². The predicted octanol–water partition coefficient (Wildman–Crippen LogP) is 2.95. The van der Waals surface area contributed by atoms with Gasteiger partial charge in [-0.2, -0.15) is 0 Å². The van der Waals surface area contributed by atoms with Gasteiger partial charge in [0.1, 0.15) is 5.60 Å². The highest BCUT2D eigenvalue weighted by atomic mass is 32.1. The zero-order valence-corrected chi connectivity index (χ0v) is 13.2. The highest BCUT2D eigenvalue weighted by Gasteiger charge is 2.37. The van der Waals surface area contributed by atoms with Gasteiger partial charge in [0.25, 0.3) is 0 Å². The number of ether oxygens (including phenoxy) is 1. The molecule has 1 aromatic rings. The summed E-state index contributed by atoms with van der Waals surface area (Å²) < 4.78 is 5.42. The zero-order chi connectivity index (χ0) is 14.8. The summed E-state index contributed by atoms with van der Waals surface area (Å²) in [6.07, 6.45) is 5.00. The van der Waals surface area contributed by atoms with Crippen LogP contribution in [0.25, 0.3) is 0 Å². The summed E-state index contributed by atoms with van der Waals surface area (Å²) in [5.74, 6) is -0.209. The van der Waals surface area contributed by atoms with Crippen LogP contribution in [0.5, 0.6) is 0 Å². The lowest BCUT2D eigenvalue weighted by Crippen LogP contribution is -2.39. The number of aromatic nitrogens is 1. The van der Waals surface area contributed by atoms with E-state index in [1.807, 2.05) is 26.2 Å². The van der Waals surface area contributed by atoms with Gasteiger partial charge in [-0.25, -0.2) is 4.98 Å². The molecule has 4 nitrogen and oxygen atoms in total. The second-order valence-electron chi connectivity index (χ2n) is 6.63. The number of hydrogen-bond donors (Lipinski definition) is 1. The molecule has 0 bridgehead atoms. The highest BCUT2D eigenvalue weighted by molar-refractivity contribution is 7.09. The van der Waals surface area contributed by atoms with E-state index in [9.17, 15) is 9.90 Å². The van der Waals surface area contributed by atoms with Gasteiger partial charge in [0.15, 0.2) is 0 Å². The molecular weight excluding hydrogens is 274 g/mol. The van der Waals surface area contributed by atoms with Gasteiger partial charge >= 0.3 is 5.97 Å². The van der Waals surface area contributed by atoms with E-state index >= 15 is 0 Å². The molecule has 112 valence electrons. The van der Waals surface area contributed by atoms with E-state index < -0.39 is 11.2 Å². The minimum Gasteiger partial charge on any atom is -0.460 e. The van der Waals surface area contributed by atoms with Gasteiger partial charge in [-0.05, 0) is 46.5 Å². The summed E-state index contributed by atoms with van der Waals surface area (Å²) in [6, 6.07) is 0. The fraction of sp³-hybridized carbons (Fsp3) is 0.733. The predicted molar refractivity (Wildman–Crippen MR) is 78.6 cm³/mol. The molecule has 5 heteroatoms. The van der Waals surface area contributed by atoms with Crippen molar-refractivity contribution in [2.75, 3.05) is 0 Å². The summed E-state index contributed by atoms with van der Waals surface area (Å²) in [6.45, 7) is 5.64. The summed E-state index contributed by atoms with van der Waals surface area (Å²) in [5, 5.41) is 13.5. The second kappa shape index (κ2) is 5.82. The van der Waals surface area contributed by atoms with E-state index in [1.165, 1.54) is 0 Å². The monoisotopic (exact) mass is 297 g/mol. The summed E-state index contributed by atoms with van der Waals surface area (Å²) in [7, 11) is 0. The van der Waals surface area contributed by atoms with Crippen molar-refractivity contribution >= 4 is 17.3 Å². The van der Waals surface area contributed by atoms with Gasteiger partial charge in [0.05, 0.1) is 16.5 Å². The molecule has 0 aliphatic heterocycles. The summed E-state index contributed by atoms with van der Waals surface area (Å²) in [5.41, 5.74) is -1.15. The Morgan fingerprint density at radius 3 is 2.65 bits per heavy atom. The van der Waals surface area contributed by atoms with Crippen LogP contribution in [-0.2, 0) is 16.0 Å². The van der Waals surface area contributed by atoms with Crippen molar-refractivity contribution in [2.45, 2.75) is 64.1 Å². The molecule has 1 heterocycles. The maximum Gasteiger partial charge on any atom is 0.309 e. The molecule has 1 aromatic heterocycles. The van der Waals surface area contributed by atoms with E-state index in [4.69, 9.17) is 4.74 Å². The van der Waals surface area contributed by atoms with E-state index in [2.05, 4.69) is 4.98 Å². The minimum absolute atomic E-state index is 0.0780. The van der Waals surface area contributed by atoms with E-state index in [0.717, 1.165) is 5.01 Å². The molecule has 1 fully saturated rings. The fourth-order valence-electron chi connectivity index (χ4n) is 2.57. The quantitative estimate of drug-likeness (QED) is 0.871. The molecule has 0 radical (unpaired) electrons. The zero-order valence-electron chi connectivity index (χ0n) is 12.4. The Balaban J connectivity index is 1.87. The maximum atomic E-state index is 12.0. The third kappa shape index (κ3) is 4.28. The lowest BCUT2D eigenvalue weighted by molar-refractivity contribution is -0.162. The number of esters is 1.